The standard InChI is InChI=1S/C21H20O8/c1-9(22)5-10-6-12-17(20(28-3)15(10)21(26)29-4)19(25)16-13(18(12)24)7-11(27-2)8-14(16)23/h6-9,22-23H,5H2,1-4H3/t9-/m0/s1. The van der Waals surface area contributed by atoms with E-state index < -0.39 is 29.4 Å². The summed E-state index contributed by atoms with van der Waals surface area (Å²) in [6.45, 7) is 1.53. The van der Waals surface area contributed by atoms with Gasteiger partial charge in [-0.15, -0.1) is 0 Å². The third kappa shape index (κ3) is 3.21. The van der Waals surface area contributed by atoms with E-state index in [0.29, 0.717) is 5.56 Å². The smallest absolute Gasteiger partial charge is 0.341 e. The largest absolute Gasteiger partial charge is 0.507 e. The van der Waals surface area contributed by atoms with Crippen molar-refractivity contribution in [3.05, 3.63) is 51.6 Å². The lowest BCUT2D eigenvalue weighted by Crippen LogP contribution is -2.25. The minimum atomic E-state index is -0.827. The number of esters is 1. The van der Waals surface area contributed by atoms with E-state index in [9.17, 15) is 24.6 Å². The number of benzene rings is 2. The molecule has 1 aliphatic rings. The Labute approximate surface area is 166 Å². The van der Waals surface area contributed by atoms with Crippen molar-refractivity contribution in [1.29, 1.82) is 0 Å². The molecule has 0 spiro atoms. The lowest BCUT2D eigenvalue weighted by atomic mass is 9.80. The van der Waals surface area contributed by atoms with Crippen LogP contribution >= 0.6 is 0 Å². The zero-order valence-corrected chi connectivity index (χ0v) is 16.4. The summed E-state index contributed by atoms with van der Waals surface area (Å²) >= 11 is 0. The zero-order chi connectivity index (χ0) is 21.5. The van der Waals surface area contributed by atoms with Crippen LogP contribution in [0.2, 0.25) is 0 Å². The molecule has 8 heteroatoms. The third-order valence-corrected chi connectivity index (χ3v) is 4.74. The molecule has 3 rings (SSSR count). The van der Waals surface area contributed by atoms with Gasteiger partial charge in [0, 0.05) is 17.2 Å². The highest BCUT2D eigenvalue weighted by Crippen LogP contribution is 2.42. The third-order valence-electron chi connectivity index (χ3n) is 4.74. The van der Waals surface area contributed by atoms with Crippen LogP contribution in [0.3, 0.4) is 0 Å². The first-order valence-corrected chi connectivity index (χ1v) is 8.75. The molecule has 0 amide bonds. The summed E-state index contributed by atoms with van der Waals surface area (Å²) in [5, 5.41) is 20.2. The number of methoxy groups -OCH3 is 3. The quantitative estimate of drug-likeness (QED) is 0.623. The van der Waals surface area contributed by atoms with Gasteiger partial charge in [-0.25, -0.2) is 4.79 Å². The topological polar surface area (TPSA) is 119 Å². The van der Waals surface area contributed by atoms with Crippen molar-refractivity contribution in [2.24, 2.45) is 0 Å². The maximum atomic E-state index is 13.2. The first-order valence-electron chi connectivity index (χ1n) is 8.75. The molecule has 0 aromatic heterocycles. The summed E-state index contributed by atoms with van der Waals surface area (Å²) in [6.07, 6.45) is -0.793. The van der Waals surface area contributed by atoms with Crippen LogP contribution in [0, 0.1) is 0 Å². The van der Waals surface area contributed by atoms with Gasteiger partial charge < -0.3 is 24.4 Å². The van der Waals surface area contributed by atoms with Crippen LogP contribution in [0.15, 0.2) is 18.2 Å². The summed E-state index contributed by atoms with van der Waals surface area (Å²) in [5.74, 6) is -2.31. The van der Waals surface area contributed by atoms with Crippen molar-refractivity contribution in [2.75, 3.05) is 21.3 Å². The Morgan fingerprint density at radius 3 is 2.21 bits per heavy atom. The minimum absolute atomic E-state index is 0.00954. The summed E-state index contributed by atoms with van der Waals surface area (Å²) < 4.78 is 15.2. The predicted molar refractivity (Wildman–Crippen MR) is 101 cm³/mol. The summed E-state index contributed by atoms with van der Waals surface area (Å²) in [4.78, 5) is 38.8. The van der Waals surface area contributed by atoms with Gasteiger partial charge in [-0.2, -0.15) is 0 Å². The highest BCUT2D eigenvalue weighted by atomic mass is 16.5. The first-order chi connectivity index (χ1) is 13.7. The molecule has 0 unspecified atom stereocenters. The molecule has 0 radical (unpaired) electrons. The number of phenols is 1. The van der Waals surface area contributed by atoms with Crippen LogP contribution in [0.4, 0.5) is 0 Å². The van der Waals surface area contributed by atoms with Crippen LogP contribution in [0.25, 0.3) is 0 Å². The number of ether oxygens (including phenoxy) is 3. The van der Waals surface area contributed by atoms with E-state index in [1.807, 2.05) is 0 Å². The number of aliphatic hydroxyl groups is 1. The number of fused-ring (bicyclic) bond motifs is 2. The molecule has 29 heavy (non-hydrogen) atoms. The number of aromatic hydroxyl groups is 1. The number of hydrogen-bond acceptors (Lipinski definition) is 8. The number of phenolic OH excluding ortho intramolecular Hbond substituents is 1. The highest BCUT2D eigenvalue weighted by Gasteiger charge is 2.38. The zero-order valence-electron chi connectivity index (χ0n) is 16.4. The van der Waals surface area contributed by atoms with Crippen LogP contribution in [-0.4, -0.2) is 55.2 Å². The molecule has 2 aromatic carbocycles. The molecular weight excluding hydrogens is 380 g/mol. The first kappa shape index (κ1) is 20.3. The van der Waals surface area contributed by atoms with E-state index in [-0.39, 0.29) is 45.7 Å². The Kier molecular flexibility index (Phi) is 5.30. The minimum Gasteiger partial charge on any atom is -0.507 e. The Morgan fingerprint density at radius 2 is 1.66 bits per heavy atom. The van der Waals surface area contributed by atoms with Gasteiger partial charge in [-0.1, -0.05) is 0 Å². The molecule has 0 fully saturated rings. The molecular formula is C21H20O8. The summed E-state index contributed by atoms with van der Waals surface area (Å²) in [6, 6.07) is 3.98. The molecule has 152 valence electrons. The fraction of sp³-hybridized carbons (Fsp3) is 0.286. The molecule has 0 heterocycles. The van der Waals surface area contributed by atoms with Crippen molar-refractivity contribution >= 4 is 17.5 Å². The molecule has 1 aliphatic carbocycles. The van der Waals surface area contributed by atoms with Crippen molar-refractivity contribution < 1.29 is 38.8 Å². The molecule has 0 aliphatic heterocycles. The van der Waals surface area contributed by atoms with Gasteiger partial charge >= 0.3 is 5.97 Å². The normalized spacial score (nSPS) is 13.4. The molecule has 8 nitrogen and oxygen atoms in total. The number of carbonyl (C=O) groups excluding carboxylic acids is 3. The molecule has 2 aromatic rings. The molecule has 0 saturated carbocycles. The van der Waals surface area contributed by atoms with Gasteiger partial charge in [-0.05, 0) is 31.0 Å². The Balaban J connectivity index is 2.38. The second-order valence-electron chi connectivity index (χ2n) is 6.64. The number of rotatable bonds is 5. The van der Waals surface area contributed by atoms with Crippen molar-refractivity contribution in [3.63, 3.8) is 0 Å². The van der Waals surface area contributed by atoms with Crippen LogP contribution in [0.5, 0.6) is 17.2 Å². The highest BCUT2D eigenvalue weighted by molar-refractivity contribution is 6.31. The van der Waals surface area contributed by atoms with Crippen molar-refractivity contribution in [3.8, 4) is 17.2 Å². The average molecular weight is 400 g/mol. The van der Waals surface area contributed by atoms with Crippen LogP contribution < -0.4 is 9.47 Å². The van der Waals surface area contributed by atoms with Crippen molar-refractivity contribution in [1.82, 2.24) is 0 Å². The average Bonchev–Trinajstić information content (AvgIpc) is 2.69. The maximum Gasteiger partial charge on any atom is 0.341 e. The van der Waals surface area contributed by atoms with E-state index >= 15 is 0 Å². The Bertz CT molecular complexity index is 1040. The number of hydrogen-bond donors (Lipinski definition) is 2. The van der Waals surface area contributed by atoms with Gasteiger partial charge in [-0.3, -0.25) is 9.59 Å². The Hall–Kier alpha value is -3.39. The van der Waals surface area contributed by atoms with E-state index in [2.05, 4.69) is 0 Å². The molecule has 0 saturated heterocycles. The molecule has 2 N–H and O–H groups in total. The SMILES string of the molecule is COC(=O)c1c(C[C@H](C)O)cc2c(c1OC)C(=O)c1c(O)cc(OC)cc1C2=O. The van der Waals surface area contributed by atoms with Gasteiger partial charge in [0.05, 0.1) is 38.6 Å². The number of aliphatic hydroxyl groups excluding tert-OH is 1. The fourth-order valence-corrected chi connectivity index (χ4v) is 3.53. The number of carbonyl (C=O) groups is 3. The van der Waals surface area contributed by atoms with E-state index in [1.54, 1.807) is 0 Å². The van der Waals surface area contributed by atoms with Crippen molar-refractivity contribution in [2.45, 2.75) is 19.4 Å². The lowest BCUT2D eigenvalue weighted by molar-refractivity contribution is 0.0594. The van der Waals surface area contributed by atoms with E-state index in [0.717, 1.165) is 0 Å². The predicted octanol–water partition coefficient (Wildman–Crippen LogP) is 1.89. The van der Waals surface area contributed by atoms with Crippen LogP contribution in [0.1, 0.15) is 54.7 Å². The van der Waals surface area contributed by atoms with Gasteiger partial charge in [0.15, 0.2) is 5.78 Å². The van der Waals surface area contributed by atoms with E-state index in [4.69, 9.17) is 14.2 Å². The van der Waals surface area contributed by atoms with Gasteiger partial charge in [0.1, 0.15) is 22.8 Å². The molecule has 1 atom stereocenters. The Morgan fingerprint density at radius 1 is 1.00 bits per heavy atom. The van der Waals surface area contributed by atoms with Gasteiger partial charge in [0.2, 0.25) is 5.78 Å². The number of ketones is 2. The monoisotopic (exact) mass is 400 g/mol. The van der Waals surface area contributed by atoms with Crippen LogP contribution in [-0.2, 0) is 11.2 Å². The van der Waals surface area contributed by atoms with Gasteiger partial charge in [0.25, 0.3) is 0 Å². The lowest BCUT2D eigenvalue weighted by Gasteiger charge is -2.24. The fourth-order valence-electron chi connectivity index (χ4n) is 3.53. The van der Waals surface area contributed by atoms with E-state index in [1.165, 1.54) is 46.5 Å². The second-order valence-corrected chi connectivity index (χ2v) is 6.64. The second kappa shape index (κ2) is 7.56. The summed E-state index contributed by atoms with van der Waals surface area (Å²) in [7, 11) is 3.81. The maximum absolute atomic E-state index is 13.2. The summed E-state index contributed by atoms with van der Waals surface area (Å²) in [5.41, 5.74) is -0.0853. The molecule has 0 bridgehead atoms.